The molecule has 2 amide bonds. The normalized spacial score (nSPS) is 13.5. The fraction of sp³-hybridized carbons (Fsp3) is 0.562. The third-order valence-corrected chi connectivity index (χ3v) is 3.85. The average molecular weight is 313 g/mol. The van der Waals surface area contributed by atoms with Crippen LogP contribution in [-0.2, 0) is 0 Å². The second-order valence-corrected chi connectivity index (χ2v) is 5.67. The Balaban J connectivity index is 2.44. The fourth-order valence-electron chi connectivity index (χ4n) is 2.33. The van der Waals surface area contributed by atoms with E-state index in [1.807, 2.05) is 31.2 Å². The third kappa shape index (κ3) is 6.36. The van der Waals surface area contributed by atoms with Gasteiger partial charge in [-0.3, -0.25) is 0 Å². The standard InChI is InChI=1S/C16H25ClN2O2/c1-3-6-13(9-10-20)11-18-16(21)19-12(2)14-7-4-5-8-15(14)17/h4-5,7-8,12-13,20H,3,6,9-11H2,1-2H3,(H2,18,19,21). The van der Waals surface area contributed by atoms with E-state index in [1.165, 1.54) is 0 Å². The number of nitrogens with one attached hydrogen (secondary N) is 2. The highest BCUT2D eigenvalue weighted by Gasteiger charge is 2.13. The van der Waals surface area contributed by atoms with E-state index in [0.29, 0.717) is 23.9 Å². The maximum atomic E-state index is 11.9. The summed E-state index contributed by atoms with van der Waals surface area (Å²) in [6.45, 7) is 4.74. The lowest BCUT2D eigenvalue weighted by molar-refractivity contribution is 0.227. The largest absolute Gasteiger partial charge is 0.396 e. The number of hydrogen-bond acceptors (Lipinski definition) is 2. The Morgan fingerprint density at radius 1 is 1.33 bits per heavy atom. The van der Waals surface area contributed by atoms with E-state index in [1.54, 1.807) is 0 Å². The van der Waals surface area contributed by atoms with Gasteiger partial charge < -0.3 is 15.7 Å². The molecule has 4 nitrogen and oxygen atoms in total. The minimum Gasteiger partial charge on any atom is -0.396 e. The number of carbonyl (C=O) groups excluding carboxylic acids is 1. The highest BCUT2D eigenvalue weighted by Crippen LogP contribution is 2.21. The van der Waals surface area contributed by atoms with E-state index in [4.69, 9.17) is 16.7 Å². The summed E-state index contributed by atoms with van der Waals surface area (Å²) in [6, 6.07) is 7.12. The Labute approximate surface area is 131 Å². The first-order valence-corrected chi connectivity index (χ1v) is 7.85. The molecule has 1 rings (SSSR count). The predicted octanol–water partition coefficient (Wildman–Crippen LogP) is 3.50. The number of aliphatic hydroxyl groups excluding tert-OH is 1. The second-order valence-electron chi connectivity index (χ2n) is 5.26. The van der Waals surface area contributed by atoms with Crippen molar-refractivity contribution < 1.29 is 9.90 Å². The van der Waals surface area contributed by atoms with Gasteiger partial charge in [0.25, 0.3) is 0 Å². The first kappa shape index (κ1) is 17.8. The van der Waals surface area contributed by atoms with Crippen LogP contribution in [-0.4, -0.2) is 24.3 Å². The van der Waals surface area contributed by atoms with Crippen LogP contribution in [0.3, 0.4) is 0 Å². The van der Waals surface area contributed by atoms with E-state index in [-0.39, 0.29) is 18.7 Å². The third-order valence-electron chi connectivity index (χ3n) is 3.50. The van der Waals surface area contributed by atoms with Crippen LogP contribution >= 0.6 is 11.6 Å². The van der Waals surface area contributed by atoms with Crippen molar-refractivity contribution in [3.05, 3.63) is 34.9 Å². The van der Waals surface area contributed by atoms with Gasteiger partial charge in [0.2, 0.25) is 0 Å². The molecule has 0 saturated carbocycles. The van der Waals surface area contributed by atoms with E-state index < -0.39 is 0 Å². The van der Waals surface area contributed by atoms with Crippen molar-refractivity contribution in [2.24, 2.45) is 5.92 Å². The number of rotatable bonds is 8. The van der Waals surface area contributed by atoms with Crippen molar-refractivity contribution in [3.8, 4) is 0 Å². The molecule has 0 saturated heterocycles. The molecule has 0 aromatic heterocycles. The molecule has 1 aromatic carbocycles. The zero-order chi connectivity index (χ0) is 15.7. The quantitative estimate of drug-likeness (QED) is 0.688. The number of halogens is 1. The van der Waals surface area contributed by atoms with Crippen molar-refractivity contribution >= 4 is 17.6 Å². The highest BCUT2D eigenvalue weighted by atomic mass is 35.5. The SMILES string of the molecule is CCCC(CCO)CNC(=O)NC(C)c1ccccc1Cl. The monoisotopic (exact) mass is 312 g/mol. The maximum absolute atomic E-state index is 11.9. The molecule has 3 N–H and O–H groups in total. The first-order chi connectivity index (χ1) is 10.1. The molecule has 5 heteroatoms. The zero-order valence-corrected chi connectivity index (χ0v) is 13.5. The molecular weight excluding hydrogens is 288 g/mol. The molecule has 0 radical (unpaired) electrons. The summed E-state index contributed by atoms with van der Waals surface area (Å²) < 4.78 is 0. The Morgan fingerprint density at radius 2 is 2.05 bits per heavy atom. The van der Waals surface area contributed by atoms with Crippen LogP contribution in [0.4, 0.5) is 4.79 Å². The van der Waals surface area contributed by atoms with Gasteiger partial charge in [-0.2, -0.15) is 0 Å². The molecule has 0 spiro atoms. The van der Waals surface area contributed by atoms with Crippen LogP contribution in [0.1, 0.15) is 44.7 Å². The summed E-state index contributed by atoms with van der Waals surface area (Å²) in [5, 5.41) is 15.4. The minimum absolute atomic E-state index is 0.152. The lowest BCUT2D eigenvalue weighted by Crippen LogP contribution is -2.39. The lowest BCUT2D eigenvalue weighted by Gasteiger charge is -2.19. The molecule has 0 bridgehead atoms. The van der Waals surface area contributed by atoms with E-state index >= 15 is 0 Å². The van der Waals surface area contributed by atoms with E-state index in [0.717, 1.165) is 18.4 Å². The van der Waals surface area contributed by atoms with Gasteiger partial charge >= 0.3 is 6.03 Å². The molecule has 21 heavy (non-hydrogen) atoms. The van der Waals surface area contributed by atoms with Gasteiger partial charge in [-0.05, 0) is 37.3 Å². The topological polar surface area (TPSA) is 61.4 Å². The zero-order valence-electron chi connectivity index (χ0n) is 12.7. The molecule has 118 valence electrons. The van der Waals surface area contributed by atoms with Crippen molar-refractivity contribution in [2.75, 3.05) is 13.2 Å². The van der Waals surface area contributed by atoms with Crippen molar-refractivity contribution in [3.63, 3.8) is 0 Å². The lowest BCUT2D eigenvalue weighted by atomic mass is 10.0. The molecule has 2 unspecified atom stereocenters. The highest BCUT2D eigenvalue weighted by molar-refractivity contribution is 6.31. The summed E-state index contributed by atoms with van der Waals surface area (Å²) in [6.07, 6.45) is 2.76. The first-order valence-electron chi connectivity index (χ1n) is 7.48. The fourth-order valence-corrected chi connectivity index (χ4v) is 2.63. The molecular formula is C16H25ClN2O2. The number of amides is 2. The van der Waals surface area contributed by atoms with Crippen LogP contribution in [0.2, 0.25) is 5.02 Å². The van der Waals surface area contributed by atoms with Gasteiger partial charge in [0, 0.05) is 18.2 Å². The number of carbonyl (C=O) groups is 1. The second kappa shape index (κ2) is 9.64. The minimum atomic E-state index is -0.207. The number of hydrogen-bond donors (Lipinski definition) is 3. The van der Waals surface area contributed by atoms with Crippen LogP contribution in [0.5, 0.6) is 0 Å². The van der Waals surface area contributed by atoms with Crippen LogP contribution in [0.15, 0.2) is 24.3 Å². The Morgan fingerprint density at radius 3 is 2.67 bits per heavy atom. The molecule has 1 aromatic rings. The summed E-state index contributed by atoms with van der Waals surface area (Å²) in [5.41, 5.74) is 0.898. The van der Waals surface area contributed by atoms with Crippen molar-refractivity contribution in [1.29, 1.82) is 0 Å². The van der Waals surface area contributed by atoms with Gasteiger partial charge in [0.05, 0.1) is 6.04 Å². The molecule has 0 aliphatic carbocycles. The molecule has 0 fully saturated rings. The number of aliphatic hydroxyl groups is 1. The van der Waals surface area contributed by atoms with Gasteiger partial charge in [-0.1, -0.05) is 43.1 Å². The van der Waals surface area contributed by atoms with Gasteiger partial charge in [0.15, 0.2) is 0 Å². The summed E-state index contributed by atoms with van der Waals surface area (Å²) >= 11 is 6.11. The van der Waals surface area contributed by atoms with Gasteiger partial charge in [-0.25, -0.2) is 4.79 Å². The van der Waals surface area contributed by atoms with Crippen LogP contribution in [0, 0.1) is 5.92 Å². The smallest absolute Gasteiger partial charge is 0.315 e. The maximum Gasteiger partial charge on any atom is 0.315 e. The average Bonchev–Trinajstić information content (AvgIpc) is 2.45. The predicted molar refractivity (Wildman–Crippen MR) is 86.5 cm³/mol. The van der Waals surface area contributed by atoms with Gasteiger partial charge in [-0.15, -0.1) is 0 Å². The van der Waals surface area contributed by atoms with E-state index in [2.05, 4.69) is 17.6 Å². The van der Waals surface area contributed by atoms with Crippen molar-refractivity contribution in [2.45, 2.75) is 39.2 Å². The molecule has 0 heterocycles. The van der Waals surface area contributed by atoms with Crippen molar-refractivity contribution in [1.82, 2.24) is 10.6 Å². The van der Waals surface area contributed by atoms with Crippen LogP contribution in [0.25, 0.3) is 0 Å². The Kier molecular flexibility index (Phi) is 8.16. The van der Waals surface area contributed by atoms with Crippen LogP contribution < -0.4 is 10.6 Å². The number of urea groups is 1. The van der Waals surface area contributed by atoms with E-state index in [9.17, 15) is 4.79 Å². The Hall–Kier alpha value is -1.26. The Bertz CT molecular complexity index is 434. The summed E-state index contributed by atoms with van der Waals surface area (Å²) in [4.78, 5) is 11.9. The molecule has 0 aliphatic heterocycles. The number of benzene rings is 1. The molecule has 0 aliphatic rings. The summed E-state index contributed by atoms with van der Waals surface area (Å²) in [7, 11) is 0. The van der Waals surface area contributed by atoms with Gasteiger partial charge in [0.1, 0.15) is 0 Å². The molecule has 2 atom stereocenters. The summed E-state index contributed by atoms with van der Waals surface area (Å²) in [5.74, 6) is 0.321.